The summed E-state index contributed by atoms with van der Waals surface area (Å²) < 4.78 is 5.87. The van der Waals surface area contributed by atoms with E-state index in [-0.39, 0.29) is 6.04 Å². The summed E-state index contributed by atoms with van der Waals surface area (Å²) in [5.41, 5.74) is 7.30. The highest BCUT2D eigenvalue weighted by atomic mass is 32.2. The summed E-state index contributed by atoms with van der Waals surface area (Å²) in [5, 5.41) is 1.13. The number of nitrogens with two attached hydrogens (primary N) is 1. The van der Waals surface area contributed by atoms with Crippen molar-refractivity contribution in [3.05, 3.63) is 36.1 Å². The Kier molecular flexibility index (Phi) is 3.33. The van der Waals surface area contributed by atoms with E-state index in [1.54, 1.807) is 0 Å². The van der Waals surface area contributed by atoms with E-state index in [4.69, 9.17) is 10.2 Å². The van der Waals surface area contributed by atoms with E-state index in [2.05, 4.69) is 24.1 Å². The van der Waals surface area contributed by atoms with Crippen molar-refractivity contribution >= 4 is 22.7 Å². The maximum atomic E-state index is 6.38. The van der Waals surface area contributed by atoms with Crippen LogP contribution in [0.15, 0.2) is 34.7 Å². The molecule has 4 heteroatoms. The predicted molar refractivity (Wildman–Crippen MR) is 76.9 cm³/mol. The summed E-state index contributed by atoms with van der Waals surface area (Å²) in [4.78, 5) is 2.34. The summed E-state index contributed by atoms with van der Waals surface area (Å²) >= 11 is 1.97. The molecule has 2 unspecified atom stereocenters. The first-order valence-corrected chi connectivity index (χ1v) is 7.43. The molecule has 0 saturated carbocycles. The van der Waals surface area contributed by atoms with Gasteiger partial charge in [-0.15, -0.1) is 0 Å². The van der Waals surface area contributed by atoms with Crippen LogP contribution in [-0.2, 0) is 0 Å². The van der Waals surface area contributed by atoms with E-state index in [0.29, 0.717) is 6.04 Å². The Hall–Kier alpha value is -0.970. The van der Waals surface area contributed by atoms with Crippen LogP contribution in [0.25, 0.3) is 11.0 Å². The lowest BCUT2D eigenvalue weighted by atomic mass is 10.1. The number of nitrogens with zero attached hydrogens (tertiary/aromatic N) is 1. The minimum Gasteiger partial charge on any atom is -0.459 e. The second-order valence-corrected chi connectivity index (χ2v) is 5.99. The van der Waals surface area contributed by atoms with Gasteiger partial charge < -0.3 is 10.2 Å². The zero-order valence-electron chi connectivity index (χ0n) is 10.5. The van der Waals surface area contributed by atoms with Crippen molar-refractivity contribution in [3.8, 4) is 0 Å². The molecule has 18 heavy (non-hydrogen) atoms. The average molecular weight is 262 g/mol. The van der Waals surface area contributed by atoms with Crippen molar-refractivity contribution in [2.45, 2.75) is 12.1 Å². The molecule has 0 amide bonds. The number of fused-ring (bicyclic) bond motifs is 1. The molecule has 1 fully saturated rings. The molecule has 3 nitrogen and oxygen atoms in total. The van der Waals surface area contributed by atoms with Gasteiger partial charge in [0.25, 0.3) is 0 Å². The Balaban J connectivity index is 1.88. The van der Waals surface area contributed by atoms with Crippen LogP contribution >= 0.6 is 11.8 Å². The van der Waals surface area contributed by atoms with Gasteiger partial charge in [0.15, 0.2) is 0 Å². The molecule has 0 radical (unpaired) electrons. The van der Waals surface area contributed by atoms with Gasteiger partial charge in [0.2, 0.25) is 0 Å². The molecule has 1 aromatic heterocycles. The Labute approximate surface area is 111 Å². The zero-order chi connectivity index (χ0) is 12.5. The van der Waals surface area contributed by atoms with Gasteiger partial charge in [0, 0.05) is 29.5 Å². The van der Waals surface area contributed by atoms with Crippen LogP contribution in [0.2, 0.25) is 0 Å². The van der Waals surface area contributed by atoms with Gasteiger partial charge in [-0.2, -0.15) is 11.8 Å². The molecule has 2 aromatic rings. The monoisotopic (exact) mass is 262 g/mol. The number of para-hydroxylation sites is 1. The van der Waals surface area contributed by atoms with Gasteiger partial charge in [-0.25, -0.2) is 0 Å². The SMILES string of the molecule is CN1CCSCC1C(N)c1cc2ccccc2o1. The highest BCUT2D eigenvalue weighted by Gasteiger charge is 2.28. The van der Waals surface area contributed by atoms with Crippen LogP contribution in [0.5, 0.6) is 0 Å². The van der Waals surface area contributed by atoms with Gasteiger partial charge >= 0.3 is 0 Å². The number of hydrogen-bond donors (Lipinski definition) is 1. The summed E-state index contributed by atoms with van der Waals surface area (Å²) in [6.45, 7) is 1.10. The number of furan rings is 1. The minimum absolute atomic E-state index is 0.0461. The van der Waals surface area contributed by atoms with Crippen molar-refractivity contribution in [1.29, 1.82) is 0 Å². The van der Waals surface area contributed by atoms with Crippen LogP contribution in [0.1, 0.15) is 11.8 Å². The van der Waals surface area contributed by atoms with E-state index in [0.717, 1.165) is 29.0 Å². The molecular formula is C14H18N2OS. The molecule has 0 spiro atoms. The molecule has 96 valence electrons. The van der Waals surface area contributed by atoms with E-state index in [1.165, 1.54) is 5.75 Å². The third-order valence-corrected chi connectivity index (χ3v) is 4.68. The lowest BCUT2D eigenvalue weighted by Crippen LogP contribution is -2.46. The quantitative estimate of drug-likeness (QED) is 0.903. The van der Waals surface area contributed by atoms with Gasteiger partial charge in [0.1, 0.15) is 11.3 Å². The van der Waals surface area contributed by atoms with Gasteiger partial charge in [-0.1, -0.05) is 18.2 Å². The van der Waals surface area contributed by atoms with Gasteiger partial charge in [-0.05, 0) is 19.2 Å². The second kappa shape index (κ2) is 4.96. The fourth-order valence-electron chi connectivity index (χ4n) is 2.44. The lowest BCUT2D eigenvalue weighted by Gasteiger charge is -2.35. The summed E-state index contributed by atoms with van der Waals surface area (Å²) in [6.07, 6.45) is 0. The Morgan fingerprint density at radius 2 is 2.28 bits per heavy atom. The van der Waals surface area contributed by atoms with E-state index in [1.807, 2.05) is 30.0 Å². The molecule has 1 saturated heterocycles. The van der Waals surface area contributed by atoms with Crippen LogP contribution in [0.4, 0.5) is 0 Å². The third-order valence-electron chi connectivity index (χ3n) is 3.63. The Morgan fingerprint density at radius 3 is 3.06 bits per heavy atom. The maximum Gasteiger partial charge on any atom is 0.134 e. The largest absolute Gasteiger partial charge is 0.459 e. The number of thioether (sulfide) groups is 1. The first-order chi connectivity index (χ1) is 8.75. The average Bonchev–Trinajstić information content (AvgIpc) is 2.82. The van der Waals surface area contributed by atoms with E-state index >= 15 is 0 Å². The normalized spacial score (nSPS) is 23.3. The number of likely N-dealkylation sites (N-methyl/N-ethyl adjacent to an activating group) is 1. The molecule has 2 atom stereocenters. The fourth-order valence-corrected chi connectivity index (χ4v) is 3.73. The van der Waals surface area contributed by atoms with Gasteiger partial charge in [-0.3, -0.25) is 4.90 Å². The van der Waals surface area contributed by atoms with Crippen LogP contribution in [0, 0.1) is 0 Å². The topological polar surface area (TPSA) is 42.4 Å². The number of benzene rings is 1. The first-order valence-electron chi connectivity index (χ1n) is 6.28. The molecular weight excluding hydrogens is 244 g/mol. The summed E-state index contributed by atoms with van der Waals surface area (Å²) in [5.74, 6) is 3.17. The third kappa shape index (κ3) is 2.16. The van der Waals surface area contributed by atoms with Crippen LogP contribution in [-0.4, -0.2) is 36.0 Å². The molecule has 0 bridgehead atoms. The number of rotatable bonds is 2. The molecule has 3 rings (SSSR count). The minimum atomic E-state index is -0.0461. The van der Waals surface area contributed by atoms with Crippen molar-refractivity contribution < 1.29 is 4.42 Å². The number of hydrogen-bond acceptors (Lipinski definition) is 4. The summed E-state index contributed by atoms with van der Waals surface area (Å²) in [7, 11) is 2.15. The zero-order valence-corrected chi connectivity index (χ0v) is 11.3. The van der Waals surface area contributed by atoms with E-state index < -0.39 is 0 Å². The maximum absolute atomic E-state index is 6.38. The lowest BCUT2D eigenvalue weighted by molar-refractivity contribution is 0.224. The Morgan fingerprint density at radius 1 is 1.44 bits per heavy atom. The molecule has 1 aliphatic heterocycles. The highest BCUT2D eigenvalue weighted by molar-refractivity contribution is 7.99. The second-order valence-electron chi connectivity index (χ2n) is 4.84. The van der Waals surface area contributed by atoms with Crippen molar-refractivity contribution in [2.24, 2.45) is 5.73 Å². The predicted octanol–water partition coefficient (Wildman–Crippen LogP) is 2.48. The standard InChI is InChI=1S/C14H18N2OS/c1-16-6-7-18-9-11(16)14(15)13-8-10-4-2-3-5-12(10)17-13/h2-5,8,11,14H,6-7,9,15H2,1H3. The summed E-state index contributed by atoms with van der Waals surface area (Å²) in [6, 6.07) is 10.5. The van der Waals surface area contributed by atoms with E-state index in [9.17, 15) is 0 Å². The van der Waals surface area contributed by atoms with Crippen molar-refractivity contribution in [3.63, 3.8) is 0 Å². The molecule has 0 aliphatic carbocycles. The molecule has 2 N–H and O–H groups in total. The Bertz CT molecular complexity index is 506. The van der Waals surface area contributed by atoms with Crippen molar-refractivity contribution in [1.82, 2.24) is 4.90 Å². The molecule has 1 aromatic carbocycles. The molecule has 2 heterocycles. The molecule has 1 aliphatic rings. The fraction of sp³-hybridized carbons (Fsp3) is 0.429. The van der Waals surface area contributed by atoms with Crippen molar-refractivity contribution in [2.75, 3.05) is 25.1 Å². The van der Waals surface area contributed by atoms with Crippen LogP contribution < -0.4 is 5.73 Å². The first kappa shape index (κ1) is 12.1. The smallest absolute Gasteiger partial charge is 0.134 e. The van der Waals surface area contributed by atoms with Crippen LogP contribution in [0.3, 0.4) is 0 Å². The van der Waals surface area contributed by atoms with Gasteiger partial charge in [0.05, 0.1) is 6.04 Å². The highest BCUT2D eigenvalue weighted by Crippen LogP contribution is 2.29.